The number of hydrogen-bond acceptors (Lipinski definition) is 2. The molecular formula is C13H21NSSi. The van der Waals surface area contributed by atoms with Gasteiger partial charge in [0.15, 0.2) is 0 Å². The van der Waals surface area contributed by atoms with Crippen LogP contribution in [0.4, 0.5) is 5.69 Å². The summed E-state index contributed by atoms with van der Waals surface area (Å²) in [5.41, 5.74) is 1.13. The maximum Gasteiger partial charge on any atom is 0.114 e. The molecule has 3 heteroatoms. The number of para-hydroxylation sites is 1. The Labute approximate surface area is 104 Å². The summed E-state index contributed by atoms with van der Waals surface area (Å²) in [7, 11) is -1.13. The van der Waals surface area contributed by atoms with Gasteiger partial charge in [0, 0.05) is 11.1 Å². The van der Waals surface area contributed by atoms with Crippen molar-refractivity contribution in [2.24, 2.45) is 4.99 Å². The molecule has 1 aromatic rings. The third-order valence-corrected chi connectivity index (χ3v) is 5.60. The van der Waals surface area contributed by atoms with Crippen LogP contribution in [0.3, 0.4) is 0 Å². The Morgan fingerprint density at radius 1 is 1.25 bits per heavy atom. The van der Waals surface area contributed by atoms with Crippen LogP contribution in [0.2, 0.25) is 19.6 Å². The SMILES string of the molecule is CCCC=Nc1ccccc1S[Si](C)(C)C. The van der Waals surface area contributed by atoms with Crippen LogP contribution in [-0.4, -0.2) is 13.4 Å². The van der Waals surface area contributed by atoms with Crippen LogP contribution in [0, 0.1) is 0 Å². The van der Waals surface area contributed by atoms with Crippen LogP contribution in [0.5, 0.6) is 0 Å². The van der Waals surface area contributed by atoms with Gasteiger partial charge in [-0.1, -0.05) is 45.1 Å². The van der Waals surface area contributed by atoms with Crippen LogP contribution in [0.25, 0.3) is 0 Å². The van der Waals surface area contributed by atoms with E-state index in [0.717, 1.165) is 18.5 Å². The third-order valence-electron chi connectivity index (χ3n) is 1.93. The molecule has 0 radical (unpaired) electrons. The summed E-state index contributed by atoms with van der Waals surface area (Å²) in [6.07, 6.45) is 4.25. The molecule has 16 heavy (non-hydrogen) atoms. The molecule has 0 heterocycles. The summed E-state index contributed by atoms with van der Waals surface area (Å²) in [6, 6.07) is 8.45. The van der Waals surface area contributed by atoms with Gasteiger partial charge in [-0.2, -0.15) is 0 Å². The molecule has 88 valence electrons. The number of nitrogens with zero attached hydrogens (tertiary/aromatic N) is 1. The Morgan fingerprint density at radius 2 is 1.94 bits per heavy atom. The minimum atomic E-state index is -1.13. The maximum absolute atomic E-state index is 4.56. The standard InChI is InChI=1S/C13H21NSSi/c1-5-6-11-14-12-9-7-8-10-13(12)15-16(2,3)4/h7-11H,5-6H2,1-4H3. The van der Waals surface area contributed by atoms with E-state index in [1.165, 1.54) is 4.90 Å². The molecule has 0 unspecified atom stereocenters. The first kappa shape index (κ1) is 13.5. The molecule has 0 bridgehead atoms. The molecule has 0 N–H and O–H groups in total. The number of aliphatic imine (C=N–C) groups is 1. The van der Waals surface area contributed by atoms with E-state index in [0.29, 0.717) is 0 Å². The highest BCUT2D eigenvalue weighted by molar-refractivity contribution is 8.28. The predicted octanol–water partition coefficient (Wildman–Crippen LogP) is 5.12. The third kappa shape index (κ3) is 4.99. The van der Waals surface area contributed by atoms with Gasteiger partial charge in [0.2, 0.25) is 0 Å². The molecular weight excluding hydrogens is 230 g/mol. The monoisotopic (exact) mass is 251 g/mol. The first-order valence-electron chi connectivity index (χ1n) is 5.83. The Balaban J connectivity index is 2.83. The number of benzene rings is 1. The van der Waals surface area contributed by atoms with Gasteiger partial charge < -0.3 is 0 Å². The molecule has 1 aromatic carbocycles. The van der Waals surface area contributed by atoms with Crippen LogP contribution in [-0.2, 0) is 0 Å². The smallest absolute Gasteiger partial charge is 0.114 e. The quantitative estimate of drug-likeness (QED) is 0.523. The van der Waals surface area contributed by atoms with Gasteiger partial charge in [-0.3, -0.25) is 4.99 Å². The average molecular weight is 251 g/mol. The van der Waals surface area contributed by atoms with Gasteiger partial charge in [0.05, 0.1) is 5.69 Å². The zero-order valence-corrected chi connectivity index (χ0v) is 12.5. The summed E-state index contributed by atoms with van der Waals surface area (Å²) in [6.45, 7) is 9.27. The molecule has 0 aliphatic rings. The van der Waals surface area contributed by atoms with Crippen molar-refractivity contribution in [3.8, 4) is 0 Å². The molecule has 0 aromatic heterocycles. The van der Waals surface area contributed by atoms with Crippen molar-refractivity contribution in [3.05, 3.63) is 24.3 Å². The first-order valence-corrected chi connectivity index (χ1v) is 10.9. The van der Waals surface area contributed by atoms with Gasteiger partial charge in [0.1, 0.15) is 7.22 Å². The van der Waals surface area contributed by atoms with Gasteiger partial charge in [-0.25, -0.2) is 0 Å². The van der Waals surface area contributed by atoms with E-state index in [2.05, 4.69) is 55.8 Å². The molecule has 1 nitrogen and oxygen atoms in total. The van der Waals surface area contributed by atoms with E-state index in [9.17, 15) is 0 Å². The van der Waals surface area contributed by atoms with E-state index in [1.807, 2.05) is 17.4 Å². The largest absolute Gasteiger partial charge is 0.260 e. The van der Waals surface area contributed by atoms with Gasteiger partial charge in [-0.15, -0.1) is 11.2 Å². The highest BCUT2D eigenvalue weighted by Gasteiger charge is 2.16. The van der Waals surface area contributed by atoms with Crippen LogP contribution >= 0.6 is 11.2 Å². The highest BCUT2D eigenvalue weighted by Crippen LogP contribution is 2.35. The zero-order chi connectivity index (χ0) is 12.0. The highest BCUT2D eigenvalue weighted by atomic mass is 32.4. The average Bonchev–Trinajstić information content (AvgIpc) is 2.19. The van der Waals surface area contributed by atoms with Crippen molar-refractivity contribution >= 4 is 30.3 Å². The van der Waals surface area contributed by atoms with Crippen molar-refractivity contribution in [2.45, 2.75) is 44.3 Å². The van der Waals surface area contributed by atoms with Gasteiger partial charge in [0.25, 0.3) is 0 Å². The number of unbranched alkanes of at least 4 members (excludes halogenated alkanes) is 1. The lowest BCUT2D eigenvalue weighted by Gasteiger charge is -2.16. The fourth-order valence-electron chi connectivity index (χ4n) is 1.27. The molecule has 0 amide bonds. The second-order valence-electron chi connectivity index (χ2n) is 4.78. The lowest BCUT2D eigenvalue weighted by Crippen LogP contribution is -2.13. The van der Waals surface area contributed by atoms with Crippen LogP contribution in [0.1, 0.15) is 19.8 Å². The summed E-state index contributed by atoms with van der Waals surface area (Å²) < 4.78 is 0. The van der Waals surface area contributed by atoms with E-state index < -0.39 is 7.22 Å². The number of hydrogen-bond donors (Lipinski definition) is 0. The molecule has 0 spiro atoms. The summed E-state index contributed by atoms with van der Waals surface area (Å²) in [4.78, 5) is 5.88. The van der Waals surface area contributed by atoms with Crippen molar-refractivity contribution in [1.29, 1.82) is 0 Å². The molecule has 0 aliphatic carbocycles. The Kier molecular flexibility index (Phi) is 5.29. The first-order chi connectivity index (χ1) is 7.53. The second kappa shape index (κ2) is 6.26. The Morgan fingerprint density at radius 3 is 2.56 bits per heavy atom. The van der Waals surface area contributed by atoms with E-state index in [-0.39, 0.29) is 0 Å². The zero-order valence-electron chi connectivity index (χ0n) is 10.7. The van der Waals surface area contributed by atoms with Crippen molar-refractivity contribution < 1.29 is 0 Å². The summed E-state index contributed by atoms with van der Waals surface area (Å²) in [5, 5.41) is 0. The molecule has 0 saturated heterocycles. The van der Waals surface area contributed by atoms with Crippen LogP contribution in [0.15, 0.2) is 34.2 Å². The van der Waals surface area contributed by atoms with Crippen molar-refractivity contribution in [1.82, 2.24) is 0 Å². The predicted molar refractivity (Wildman–Crippen MR) is 78.7 cm³/mol. The second-order valence-corrected chi connectivity index (χ2v) is 13.9. The topological polar surface area (TPSA) is 12.4 Å². The van der Waals surface area contributed by atoms with E-state index >= 15 is 0 Å². The fourth-order valence-corrected chi connectivity index (χ4v) is 4.80. The fraction of sp³-hybridized carbons (Fsp3) is 0.462. The molecule has 0 aliphatic heterocycles. The lowest BCUT2D eigenvalue weighted by molar-refractivity contribution is 1.01. The minimum Gasteiger partial charge on any atom is -0.260 e. The molecule has 0 atom stereocenters. The maximum atomic E-state index is 4.56. The van der Waals surface area contributed by atoms with Crippen LogP contribution < -0.4 is 0 Å². The lowest BCUT2D eigenvalue weighted by atomic mass is 10.3. The summed E-state index contributed by atoms with van der Waals surface area (Å²) >= 11 is 2.01. The molecule has 1 rings (SSSR count). The van der Waals surface area contributed by atoms with Crippen molar-refractivity contribution in [2.75, 3.05) is 0 Å². The Hall–Kier alpha value is -0.543. The minimum absolute atomic E-state index is 1.06. The number of rotatable bonds is 5. The molecule has 0 saturated carbocycles. The van der Waals surface area contributed by atoms with E-state index in [1.54, 1.807) is 0 Å². The molecule has 0 fully saturated rings. The van der Waals surface area contributed by atoms with Crippen molar-refractivity contribution in [3.63, 3.8) is 0 Å². The summed E-state index contributed by atoms with van der Waals surface area (Å²) in [5.74, 6) is 0. The van der Waals surface area contributed by atoms with E-state index in [4.69, 9.17) is 0 Å². The Bertz CT molecular complexity index is 355. The van der Waals surface area contributed by atoms with Gasteiger partial charge in [-0.05, 0) is 18.6 Å². The normalized spacial score (nSPS) is 12.2. The van der Waals surface area contributed by atoms with Gasteiger partial charge >= 0.3 is 0 Å².